The van der Waals surface area contributed by atoms with Crippen LogP contribution in [0.1, 0.15) is 0 Å². The highest BCUT2D eigenvalue weighted by molar-refractivity contribution is 7.92. The number of anilines is 1. The molecule has 1 N–H and O–H groups in total. The first kappa shape index (κ1) is 21.4. The molecule has 0 saturated heterocycles. The van der Waals surface area contributed by atoms with E-state index in [-0.39, 0.29) is 16.3 Å². The monoisotopic (exact) mass is 454 g/mol. The molecular formula is C23H19FN2O5S. The Morgan fingerprint density at radius 3 is 2.28 bits per heavy atom. The Morgan fingerprint density at radius 1 is 0.875 bits per heavy atom. The minimum absolute atomic E-state index is 0.0346. The lowest BCUT2D eigenvalue weighted by atomic mass is 10.2. The largest absolute Gasteiger partial charge is 0.493 e. The van der Waals surface area contributed by atoms with E-state index in [0.717, 1.165) is 6.07 Å². The molecule has 164 valence electrons. The Labute approximate surface area is 184 Å². The summed E-state index contributed by atoms with van der Waals surface area (Å²) in [6.07, 6.45) is 1.56. The number of methoxy groups -OCH3 is 2. The van der Waals surface area contributed by atoms with Crippen LogP contribution in [0.2, 0.25) is 0 Å². The van der Waals surface area contributed by atoms with Gasteiger partial charge in [-0.05, 0) is 36.4 Å². The van der Waals surface area contributed by atoms with Crippen LogP contribution in [0.5, 0.6) is 23.0 Å². The number of nitrogens with one attached hydrogen (secondary N) is 1. The van der Waals surface area contributed by atoms with Crippen molar-refractivity contribution < 1.29 is 27.0 Å². The third kappa shape index (κ3) is 4.28. The first-order valence-corrected chi connectivity index (χ1v) is 11.0. The summed E-state index contributed by atoms with van der Waals surface area (Å²) in [4.78, 5) is 4.34. The fraction of sp³-hybridized carbons (Fsp3) is 0.0870. The highest BCUT2D eigenvalue weighted by atomic mass is 32.2. The van der Waals surface area contributed by atoms with E-state index >= 15 is 0 Å². The van der Waals surface area contributed by atoms with E-state index in [1.807, 2.05) is 0 Å². The number of fused-ring (bicyclic) bond motifs is 1. The molecule has 0 amide bonds. The second kappa shape index (κ2) is 8.72. The minimum Gasteiger partial charge on any atom is -0.493 e. The molecule has 0 aliphatic heterocycles. The zero-order valence-corrected chi connectivity index (χ0v) is 18.0. The van der Waals surface area contributed by atoms with E-state index in [1.54, 1.807) is 42.6 Å². The summed E-state index contributed by atoms with van der Waals surface area (Å²) >= 11 is 0. The van der Waals surface area contributed by atoms with Gasteiger partial charge >= 0.3 is 0 Å². The number of halogens is 1. The summed E-state index contributed by atoms with van der Waals surface area (Å²) in [5.74, 6) is 0.848. The molecule has 9 heteroatoms. The average molecular weight is 454 g/mol. The van der Waals surface area contributed by atoms with Crippen LogP contribution in [0, 0.1) is 5.82 Å². The highest BCUT2D eigenvalue weighted by Gasteiger charge is 2.17. The number of hydrogen-bond donors (Lipinski definition) is 1. The lowest BCUT2D eigenvalue weighted by Crippen LogP contribution is -2.13. The molecule has 4 aromatic rings. The second-order valence-corrected chi connectivity index (χ2v) is 8.38. The standard InChI is InChI=1S/C23H19FN2O5S/c1-29-22-13-17-20(14-23(22)30-2)25-11-10-21(17)31-15-8-9-19(18(24)12-15)26-32(27,28)16-6-4-3-5-7-16/h3-14,26H,1-2H3. The van der Waals surface area contributed by atoms with E-state index in [9.17, 15) is 12.8 Å². The van der Waals surface area contributed by atoms with E-state index in [0.29, 0.717) is 28.2 Å². The van der Waals surface area contributed by atoms with Gasteiger partial charge in [-0.1, -0.05) is 18.2 Å². The zero-order chi connectivity index (χ0) is 22.7. The molecule has 3 aromatic carbocycles. The van der Waals surface area contributed by atoms with Crippen molar-refractivity contribution in [3.63, 3.8) is 0 Å². The van der Waals surface area contributed by atoms with Gasteiger partial charge in [-0.15, -0.1) is 0 Å². The fourth-order valence-electron chi connectivity index (χ4n) is 3.11. The Balaban J connectivity index is 1.62. The van der Waals surface area contributed by atoms with E-state index in [4.69, 9.17) is 14.2 Å². The maximum Gasteiger partial charge on any atom is 0.261 e. The predicted octanol–water partition coefficient (Wildman–Crippen LogP) is 4.98. The van der Waals surface area contributed by atoms with Crippen LogP contribution in [0.3, 0.4) is 0 Å². The maximum atomic E-state index is 14.7. The van der Waals surface area contributed by atoms with Crippen molar-refractivity contribution in [2.45, 2.75) is 4.90 Å². The molecule has 32 heavy (non-hydrogen) atoms. The number of pyridine rings is 1. The quantitative estimate of drug-likeness (QED) is 0.424. The highest BCUT2D eigenvalue weighted by Crippen LogP contribution is 2.37. The molecule has 0 saturated carbocycles. The van der Waals surface area contributed by atoms with Crippen molar-refractivity contribution in [2.75, 3.05) is 18.9 Å². The summed E-state index contributed by atoms with van der Waals surface area (Å²) in [5.41, 5.74) is 0.417. The second-order valence-electron chi connectivity index (χ2n) is 6.70. The molecular weight excluding hydrogens is 435 g/mol. The SMILES string of the molecule is COc1cc2nccc(Oc3ccc(NS(=O)(=O)c4ccccc4)c(F)c3)c2cc1OC. The van der Waals surface area contributed by atoms with Crippen LogP contribution >= 0.6 is 0 Å². The van der Waals surface area contributed by atoms with Gasteiger partial charge in [0.1, 0.15) is 11.5 Å². The van der Waals surface area contributed by atoms with E-state index < -0.39 is 15.8 Å². The molecule has 0 unspecified atom stereocenters. The first-order valence-electron chi connectivity index (χ1n) is 9.47. The minimum atomic E-state index is -3.92. The number of hydrogen-bond acceptors (Lipinski definition) is 6. The van der Waals surface area contributed by atoms with Gasteiger partial charge in [-0.2, -0.15) is 0 Å². The summed E-state index contributed by atoms with van der Waals surface area (Å²) in [6.45, 7) is 0. The van der Waals surface area contributed by atoms with Gasteiger partial charge in [0.25, 0.3) is 10.0 Å². The average Bonchev–Trinajstić information content (AvgIpc) is 2.80. The number of nitrogens with zero attached hydrogens (tertiary/aromatic N) is 1. The maximum absolute atomic E-state index is 14.7. The number of benzene rings is 3. The van der Waals surface area contributed by atoms with E-state index in [2.05, 4.69) is 9.71 Å². The van der Waals surface area contributed by atoms with Crippen LogP contribution < -0.4 is 18.9 Å². The molecule has 1 heterocycles. The van der Waals surface area contributed by atoms with Crippen molar-refractivity contribution in [1.29, 1.82) is 0 Å². The molecule has 1 aromatic heterocycles. The number of ether oxygens (including phenoxy) is 3. The van der Waals surface area contributed by atoms with E-state index in [1.165, 1.54) is 38.5 Å². The Morgan fingerprint density at radius 2 is 1.59 bits per heavy atom. The smallest absolute Gasteiger partial charge is 0.261 e. The Kier molecular flexibility index (Phi) is 5.83. The van der Waals surface area contributed by atoms with Gasteiger partial charge in [0, 0.05) is 23.7 Å². The molecule has 7 nitrogen and oxygen atoms in total. The lowest BCUT2D eigenvalue weighted by Gasteiger charge is -2.13. The first-order chi connectivity index (χ1) is 15.4. The fourth-order valence-corrected chi connectivity index (χ4v) is 4.20. The Bertz CT molecular complexity index is 1380. The third-order valence-electron chi connectivity index (χ3n) is 4.67. The molecule has 0 fully saturated rings. The topological polar surface area (TPSA) is 86.8 Å². The van der Waals surface area contributed by atoms with Crippen molar-refractivity contribution in [3.05, 3.63) is 78.7 Å². The molecule has 0 aliphatic carbocycles. The molecule has 0 spiro atoms. The van der Waals surface area contributed by atoms with Gasteiger partial charge in [-0.25, -0.2) is 12.8 Å². The van der Waals surface area contributed by atoms with Gasteiger partial charge in [0.15, 0.2) is 17.3 Å². The van der Waals surface area contributed by atoms with Crippen LogP contribution in [0.15, 0.2) is 77.8 Å². The summed E-state index contributed by atoms with van der Waals surface area (Å²) in [5, 5.41) is 0.638. The molecule has 0 aliphatic rings. The van der Waals surface area contributed by atoms with Crippen LogP contribution in [0.25, 0.3) is 10.9 Å². The van der Waals surface area contributed by atoms with Gasteiger partial charge in [0.2, 0.25) is 0 Å². The van der Waals surface area contributed by atoms with Gasteiger partial charge in [-0.3, -0.25) is 9.71 Å². The summed E-state index contributed by atoms with van der Waals surface area (Å²) < 4.78 is 58.3. The summed E-state index contributed by atoms with van der Waals surface area (Å²) in [7, 11) is -0.868. The van der Waals surface area contributed by atoms with Crippen LogP contribution in [-0.4, -0.2) is 27.6 Å². The Hall–Kier alpha value is -3.85. The van der Waals surface area contributed by atoms with Crippen molar-refractivity contribution in [3.8, 4) is 23.0 Å². The molecule has 4 rings (SSSR count). The summed E-state index contributed by atoms with van der Waals surface area (Å²) in [6, 6.07) is 16.7. The van der Waals surface area contributed by atoms with Crippen molar-refractivity contribution in [2.24, 2.45) is 0 Å². The number of aromatic nitrogens is 1. The number of rotatable bonds is 7. The van der Waals surface area contributed by atoms with Crippen molar-refractivity contribution in [1.82, 2.24) is 4.98 Å². The van der Waals surface area contributed by atoms with Gasteiger partial charge < -0.3 is 14.2 Å². The zero-order valence-electron chi connectivity index (χ0n) is 17.2. The van der Waals surface area contributed by atoms with Crippen molar-refractivity contribution >= 4 is 26.6 Å². The number of sulfonamides is 1. The van der Waals surface area contributed by atoms with Crippen LogP contribution in [-0.2, 0) is 10.0 Å². The predicted molar refractivity (Wildman–Crippen MR) is 119 cm³/mol. The lowest BCUT2D eigenvalue weighted by molar-refractivity contribution is 0.355. The third-order valence-corrected chi connectivity index (χ3v) is 6.05. The normalized spacial score (nSPS) is 11.2. The van der Waals surface area contributed by atoms with Crippen LogP contribution in [0.4, 0.5) is 10.1 Å². The van der Waals surface area contributed by atoms with Gasteiger partial charge in [0.05, 0.1) is 30.3 Å². The molecule has 0 atom stereocenters. The molecule has 0 bridgehead atoms. The molecule has 0 radical (unpaired) electrons.